The zero-order chi connectivity index (χ0) is 17.8. The van der Waals surface area contributed by atoms with Crippen LogP contribution < -0.4 is 4.74 Å². The SMILES string of the molecule is Cc1noc(C)c1CN(C)CC(O)COc1cccc2ccccc12. The predicted octanol–water partition coefficient (Wildman–Crippen LogP) is 3.32. The number of hydrogen-bond donors (Lipinski definition) is 1. The van der Waals surface area contributed by atoms with Gasteiger partial charge < -0.3 is 14.4 Å². The van der Waals surface area contributed by atoms with E-state index in [2.05, 4.69) is 17.3 Å². The van der Waals surface area contributed by atoms with Gasteiger partial charge >= 0.3 is 0 Å². The van der Waals surface area contributed by atoms with Gasteiger partial charge in [-0.1, -0.05) is 41.6 Å². The van der Waals surface area contributed by atoms with E-state index in [0.29, 0.717) is 13.1 Å². The van der Waals surface area contributed by atoms with Gasteiger partial charge in [-0.3, -0.25) is 4.90 Å². The van der Waals surface area contributed by atoms with Crippen LogP contribution in [0, 0.1) is 13.8 Å². The fraction of sp³-hybridized carbons (Fsp3) is 0.350. The first-order chi connectivity index (χ1) is 12.0. The minimum absolute atomic E-state index is 0.250. The molecule has 0 amide bonds. The van der Waals surface area contributed by atoms with Gasteiger partial charge in [0.05, 0.1) is 5.69 Å². The maximum atomic E-state index is 10.3. The molecule has 0 saturated heterocycles. The number of likely N-dealkylation sites (N-methyl/N-ethyl adjacent to an activating group) is 1. The average molecular weight is 340 g/mol. The Balaban J connectivity index is 1.56. The lowest BCUT2D eigenvalue weighted by Crippen LogP contribution is -2.33. The third-order valence-electron chi connectivity index (χ3n) is 4.31. The van der Waals surface area contributed by atoms with Gasteiger partial charge in [-0.15, -0.1) is 0 Å². The normalized spacial score (nSPS) is 12.7. The highest BCUT2D eigenvalue weighted by Gasteiger charge is 2.15. The van der Waals surface area contributed by atoms with Crippen molar-refractivity contribution in [3.05, 3.63) is 59.5 Å². The van der Waals surface area contributed by atoms with Crippen LogP contribution in [0.4, 0.5) is 0 Å². The molecule has 5 heteroatoms. The van der Waals surface area contributed by atoms with Crippen LogP contribution in [0.1, 0.15) is 17.0 Å². The maximum absolute atomic E-state index is 10.3. The Kier molecular flexibility index (Phi) is 5.36. The molecule has 1 aromatic heterocycles. The molecular weight excluding hydrogens is 316 g/mol. The van der Waals surface area contributed by atoms with Gasteiger partial charge in [0.15, 0.2) is 0 Å². The molecule has 0 bridgehead atoms. The lowest BCUT2D eigenvalue weighted by Gasteiger charge is -2.21. The molecule has 0 fully saturated rings. The van der Waals surface area contributed by atoms with E-state index in [-0.39, 0.29) is 6.61 Å². The zero-order valence-electron chi connectivity index (χ0n) is 14.9. The first-order valence-electron chi connectivity index (χ1n) is 8.43. The number of ether oxygens (including phenoxy) is 1. The quantitative estimate of drug-likeness (QED) is 0.715. The maximum Gasteiger partial charge on any atom is 0.138 e. The standard InChI is InChI=1S/C20H24N2O3/c1-14-19(15(2)25-21-14)12-22(3)11-17(23)13-24-20-10-6-8-16-7-4-5-9-18(16)20/h4-10,17,23H,11-13H2,1-3H3. The largest absolute Gasteiger partial charge is 0.490 e. The summed E-state index contributed by atoms with van der Waals surface area (Å²) < 4.78 is 11.0. The van der Waals surface area contributed by atoms with E-state index in [1.54, 1.807) is 0 Å². The van der Waals surface area contributed by atoms with Gasteiger partial charge in [0.1, 0.15) is 24.2 Å². The van der Waals surface area contributed by atoms with Crippen molar-refractivity contribution in [3.63, 3.8) is 0 Å². The summed E-state index contributed by atoms with van der Waals surface area (Å²) in [5, 5.41) is 16.5. The van der Waals surface area contributed by atoms with Crippen molar-refractivity contribution in [1.29, 1.82) is 0 Å². The molecule has 5 nitrogen and oxygen atoms in total. The highest BCUT2D eigenvalue weighted by atomic mass is 16.5. The number of rotatable bonds is 7. The van der Waals surface area contributed by atoms with Gasteiger partial charge in [-0.25, -0.2) is 0 Å². The molecule has 1 N–H and O–H groups in total. The summed E-state index contributed by atoms with van der Waals surface area (Å²) in [6.45, 7) is 5.28. The van der Waals surface area contributed by atoms with E-state index in [9.17, 15) is 5.11 Å². The van der Waals surface area contributed by atoms with E-state index in [0.717, 1.165) is 33.5 Å². The summed E-state index contributed by atoms with van der Waals surface area (Å²) in [4.78, 5) is 2.05. The van der Waals surface area contributed by atoms with Crippen LogP contribution in [-0.4, -0.2) is 41.5 Å². The number of aryl methyl sites for hydroxylation is 2. The number of aliphatic hydroxyl groups excluding tert-OH is 1. The van der Waals surface area contributed by atoms with Crippen molar-refractivity contribution < 1.29 is 14.4 Å². The molecule has 1 atom stereocenters. The number of nitrogens with zero attached hydrogens (tertiary/aromatic N) is 2. The fourth-order valence-corrected chi connectivity index (χ4v) is 2.98. The molecule has 25 heavy (non-hydrogen) atoms. The summed E-state index contributed by atoms with van der Waals surface area (Å²) in [5.74, 6) is 1.62. The summed E-state index contributed by atoms with van der Waals surface area (Å²) in [5.41, 5.74) is 1.97. The topological polar surface area (TPSA) is 58.7 Å². The summed E-state index contributed by atoms with van der Waals surface area (Å²) in [7, 11) is 1.97. The van der Waals surface area contributed by atoms with Crippen LogP contribution in [0.25, 0.3) is 10.8 Å². The molecule has 2 aromatic carbocycles. The van der Waals surface area contributed by atoms with Crippen molar-refractivity contribution in [2.24, 2.45) is 0 Å². The predicted molar refractivity (Wildman–Crippen MR) is 97.8 cm³/mol. The Labute approximate surface area is 147 Å². The van der Waals surface area contributed by atoms with Gasteiger partial charge in [-0.05, 0) is 32.3 Å². The van der Waals surface area contributed by atoms with Crippen LogP contribution in [0.15, 0.2) is 47.0 Å². The van der Waals surface area contributed by atoms with Gasteiger partial charge in [0.2, 0.25) is 0 Å². The van der Waals surface area contributed by atoms with Crippen molar-refractivity contribution in [3.8, 4) is 5.75 Å². The van der Waals surface area contributed by atoms with Crippen molar-refractivity contribution in [2.75, 3.05) is 20.2 Å². The van der Waals surface area contributed by atoms with Crippen LogP contribution in [0.5, 0.6) is 5.75 Å². The second-order valence-electron chi connectivity index (χ2n) is 6.44. The van der Waals surface area contributed by atoms with Gasteiger partial charge in [0.25, 0.3) is 0 Å². The summed E-state index contributed by atoms with van der Waals surface area (Å²) >= 11 is 0. The molecule has 0 radical (unpaired) electrons. The van der Waals surface area contributed by atoms with E-state index >= 15 is 0 Å². The van der Waals surface area contributed by atoms with E-state index in [4.69, 9.17) is 9.26 Å². The lowest BCUT2D eigenvalue weighted by molar-refractivity contribution is 0.0748. The smallest absolute Gasteiger partial charge is 0.138 e. The molecule has 0 aliphatic heterocycles. The third-order valence-corrected chi connectivity index (χ3v) is 4.31. The first-order valence-corrected chi connectivity index (χ1v) is 8.43. The Morgan fingerprint density at radius 2 is 1.92 bits per heavy atom. The van der Waals surface area contributed by atoms with Crippen LogP contribution in [0.2, 0.25) is 0 Å². The minimum atomic E-state index is -0.579. The molecule has 132 valence electrons. The second kappa shape index (κ2) is 7.68. The van der Waals surface area contributed by atoms with Crippen molar-refractivity contribution >= 4 is 10.8 Å². The van der Waals surface area contributed by atoms with Gasteiger partial charge in [-0.2, -0.15) is 0 Å². The molecule has 0 aliphatic rings. The third kappa shape index (κ3) is 4.18. The van der Waals surface area contributed by atoms with E-state index in [1.165, 1.54) is 0 Å². The number of aromatic nitrogens is 1. The number of aliphatic hydroxyl groups is 1. The number of benzene rings is 2. The molecule has 0 saturated carbocycles. The molecular formula is C20H24N2O3. The number of hydrogen-bond acceptors (Lipinski definition) is 5. The Morgan fingerprint density at radius 1 is 1.16 bits per heavy atom. The molecule has 3 aromatic rings. The number of fused-ring (bicyclic) bond motifs is 1. The molecule has 3 rings (SSSR count). The fourth-order valence-electron chi connectivity index (χ4n) is 2.98. The van der Waals surface area contributed by atoms with Gasteiger partial charge in [0, 0.05) is 24.0 Å². The Bertz CT molecular complexity index is 819. The second-order valence-corrected chi connectivity index (χ2v) is 6.44. The molecule has 0 spiro atoms. The lowest BCUT2D eigenvalue weighted by atomic mass is 10.1. The monoisotopic (exact) mass is 340 g/mol. The van der Waals surface area contributed by atoms with Crippen LogP contribution in [0.3, 0.4) is 0 Å². The molecule has 1 heterocycles. The summed E-state index contributed by atoms with van der Waals surface area (Å²) in [6, 6.07) is 14.0. The highest BCUT2D eigenvalue weighted by molar-refractivity contribution is 5.88. The average Bonchev–Trinajstić information content (AvgIpc) is 2.91. The first kappa shape index (κ1) is 17.5. The van der Waals surface area contributed by atoms with Crippen LogP contribution >= 0.6 is 0 Å². The molecule has 1 unspecified atom stereocenters. The highest BCUT2D eigenvalue weighted by Crippen LogP contribution is 2.25. The Hall–Kier alpha value is -2.37. The zero-order valence-corrected chi connectivity index (χ0v) is 14.9. The van der Waals surface area contributed by atoms with E-state index in [1.807, 2.05) is 56.1 Å². The van der Waals surface area contributed by atoms with Crippen molar-refractivity contribution in [1.82, 2.24) is 10.1 Å². The molecule has 0 aliphatic carbocycles. The summed E-state index contributed by atoms with van der Waals surface area (Å²) in [6.07, 6.45) is -0.579. The minimum Gasteiger partial charge on any atom is -0.490 e. The van der Waals surface area contributed by atoms with Crippen molar-refractivity contribution in [2.45, 2.75) is 26.5 Å². The van der Waals surface area contributed by atoms with Crippen LogP contribution in [-0.2, 0) is 6.54 Å². The van der Waals surface area contributed by atoms with E-state index < -0.39 is 6.10 Å². The Morgan fingerprint density at radius 3 is 2.68 bits per heavy atom.